The van der Waals surface area contributed by atoms with E-state index in [0.717, 1.165) is 0 Å². The van der Waals surface area contributed by atoms with Crippen molar-refractivity contribution in [3.8, 4) is 0 Å². The maximum atomic E-state index is 13.6. The molecule has 1 aromatic carbocycles. The second kappa shape index (κ2) is 4.40. The van der Waals surface area contributed by atoms with Gasteiger partial charge in [0.1, 0.15) is 11.4 Å². The van der Waals surface area contributed by atoms with Crippen LogP contribution in [0.15, 0.2) is 18.2 Å². The molecule has 1 fully saturated rings. The van der Waals surface area contributed by atoms with Crippen molar-refractivity contribution in [2.45, 2.75) is 32.2 Å². The third-order valence-corrected chi connectivity index (χ3v) is 3.23. The molecule has 1 atom stereocenters. The van der Waals surface area contributed by atoms with Crippen LogP contribution in [0.1, 0.15) is 30.9 Å². The molecule has 1 heterocycles. The van der Waals surface area contributed by atoms with E-state index in [1.54, 1.807) is 19.1 Å². The number of imide groups is 1. The molecule has 1 aromatic rings. The van der Waals surface area contributed by atoms with Crippen LogP contribution in [0.4, 0.5) is 9.18 Å². The van der Waals surface area contributed by atoms with E-state index < -0.39 is 17.5 Å². The number of benzene rings is 1. The number of nitrogens with one attached hydrogen (secondary N) is 2. The van der Waals surface area contributed by atoms with Gasteiger partial charge in [0.25, 0.3) is 5.91 Å². The van der Waals surface area contributed by atoms with Gasteiger partial charge in [0.15, 0.2) is 0 Å². The normalized spacial score (nSPS) is 22.8. The summed E-state index contributed by atoms with van der Waals surface area (Å²) in [6.07, 6.45) is 1.14. The summed E-state index contributed by atoms with van der Waals surface area (Å²) >= 11 is 0. The van der Waals surface area contributed by atoms with Crippen LogP contribution >= 0.6 is 0 Å². The Hall–Kier alpha value is -1.91. The molecule has 2 N–H and O–H groups in total. The Morgan fingerprint density at radius 2 is 2.06 bits per heavy atom. The van der Waals surface area contributed by atoms with Crippen LogP contribution in [-0.2, 0) is 10.3 Å². The van der Waals surface area contributed by atoms with Crippen molar-refractivity contribution in [3.05, 3.63) is 35.1 Å². The van der Waals surface area contributed by atoms with Gasteiger partial charge in [-0.2, -0.15) is 0 Å². The van der Waals surface area contributed by atoms with E-state index in [-0.39, 0.29) is 5.82 Å². The van der Waals surface area contributed by atoms with Gasteiger partial charge in [-0.3, -0.25) is 10.1 Å². The quantitative estimate of drug-likeness (QED) is 0.806. The number of carbonyl (C=O) groups is 2. The van der Waals surface area contributed by atoms with E-state index in [1.807, 2.05) is 6.92 Å². The molecule has 0 aliphatic carbocycles. The number of urea groups is 1. The van der Waals surface area contributed by atoms with Gasteiger partial charge >= 0.3 is 6.03 Å². The van der Waals surface area contributed by atoms with E-state index in [1.165, 1.54) is 6.07 Å². The first-order valence-corrected chi connectivity index (χ1v) is 5.90. The monoisotopic (exact) mass is 250 g/mol. The number of halogens is 1. The fourth-order valence-electron chi connectivity index (χ4n) is 2.25. The highest BCUT2D eigenvalue weighted by Crippen LogP contribution is 2.30. The lowest BCUT2D eigenvalue weighted by Crippen LogP contribution is -2.43. The van der Waals surface area contributed by atoms with Crippen LogP contribution in [0.3, 0.4) is 0 Å². The third kappa shape index (κ3) is 1.85. The van der Waals surface area contributed by atoms with Gasteiger partial charge in [-0.05, 0) is 30.5 Å². The lowest BCUT2D eigenvalue weighted by molar-refractivity contribution is -0.124. The van der Waals surface area contributed by atoms with Gasteiger partial charge < -0.3 is 5.32 Å². The average Bonchev–Trinajstić information content (AvgIpc) is 2.59. The van der Waals surface area contributed by atoms with Crippen molar-refractivity contribution in [2.24, 2.45) is 0 Å². The summed E-state index contributed by atoms with van der Waals surface area (Å²) in [6, 6.07) is 4.07. The lowest BCUT2D eigenvalue weighted by atomic mass is 9.85. The summed E-state index contributed by atoms with van der Waals surface area (Å²) < 4.78 is 13.6. The van der Waals surface area contributed by atoms with Crippen molar-refractivity contribution in [3.63, 3.8) is 0 Å². The highest BCUT2D eigenvalue weighted by atomic mass is 19.1. The van der Waals surface area contributed by atoms with Gasteiger partial charge in [-0.1, -0.05) is 25.5 Å². The molecule has 0 aromatic heterocycles. The standard InChI is InChI=1S/C13H15FN2O2/c1-3-6-13(11(17)15-12(18)16-13)9-5-4-8(2)10(14)7-9/h4-5,7H,3,6H2,1-2H3,(H2,15,16,17,18). The van der Waals surface area contributed by atoms with Crippen LogP contribution in [0, 0.1) is 12.7 Å². The highest BCUT2D eigenvalue weighted by molar-refractivity contribution is 6.07. The predicted octanol–water partition coefficient (Wildman–Crippen LogP) is 1.97. The molecule has 0 bridgehead atoms. The summed E-state index contributed by atoms with van der Waals surface area (Å²) in [5.41, 5.74) is -0.147. The Morgan fingerprint density at radius 1 is 1.33 bits per heavy atom. The first-order chi connectivity index (χ1) is 8.49. The Kier molecular flexibility index (Phi) is 3.07. The minimum atomic E-state index is -1.14. The smallest absolute Gasteiger partial charge is 0.319 e. The second-order valence-corrected chi connectivity index (χ2v) is 4.53. The number of rotatable bonds is 3. The topological polar surface area (TPSA) is 58.2 Å². The molecule has 1 aliphatic heterocycles. The first kappa shape index (κ1) is 12.5. The molecular weight excluding hydrogens is 235 g/mol. The van der Waals surface area contributed by atoms with Crippen molar-refractivity contribution < 1.29 is 14.0 Å². The van der Waals surface area contributed by atoms with E-state index >= 15 is 0 Å². The zero-order valence-electron chi connectivity index (χ0n) is 10.3. The van der Waals surface area contributed by atoms with Crippen LogP contribution in [0.5, 0.6) is 0 Å². The molecule has 1 unspecified atom stereocenters. The van der Waals surface area contributed by atoms with E-state index in [9.17, 15) is 14.0 Å². The molecule has 3 amide bonds. The Morgan fingerprint density at radius 3 is 2.56 bits per heavy atom. The fraction of sp³-hybridized carbons (Fsp3) is 0.385. The molecule has 4 nitrogen and oxygen atoms in total. The zero-order valence-corrected chi connectivity index (χ0v) is 10.3. The SMILES string of the molecule is CCCC1(c2ccc(C)c(F)c2)NC(=O)NC1=O. The van der Waals surface area contributed by atoms with Crippen LogP contribution < -0.4 is 10.6 Å². The van der Waals surface area contributed by atoms with Crippen molar-refractivity contribution >= 4 is 11.9 Å². The molecular formula is C13H15FN2O2. The van der Waals surface area contributed by atoms with Crippen molar-refractivity contribution in [1.29, 1.82) is 0 Å². The Bertz CT molecular complexity index is 516. The largest absolute Gasteiger partial charge is 0.322 e. The average molecular weight is 250 g/mol. The summed E-state index contributed by atoms with van der Waals surface area (Å²) in [4.78, 5) is 23.3. The lowest BCUT2D eigenvalue weighted by Gasteiger charge is -2.26. The maximum Gasteiger partial charge on any atom is 0.322 e. The Balaban J connectivity index is 2.50. The van der Waals surface area contributed by atoms with Gasteiger partial charge in [0, 0.05) is 0 Å². The minimum absolute atomic E-state index is 0.378. The molecule has 0 saturated carbocycles. The van der Waals surface area contributed by atoms with Crippen LogP contribution in [0.25, 0.3) is 0 Å². The molecule has 2 rings (SSSR count). The van der Waals surface area contributed by atoms with Crippen molar-refractivity contribution in [2.75, 3.05) is 0 Å². The highest BCUT2D eigenvalue weighted by Gasteiger charge is 2.46. The first-order valence-electron chi connectivity index (χ1n) is 5.90. The molecule has 1 aliphatic rings. The number of carbonyl (C=O) groups excluding carboxylic acids is 2. The van der Waals surface area contributed by atoms with Gasteiger partial charge in [0.2, 0.25) is 0 Å². The third-order valence-electron chi connectivity index (χ3n) is 3.23. The fourth-order valence-corrected chi connectivity index (χ4v) is 2.25. The summed E-state index contributed by atoms with van der Waals surface area (Å²) in [7, 11) is 0. The maximum absolute atomic E-state index is 13.6. The number of amides is 3. The summed E-state index contributed by atoms with van der Waals surface area (Å²) in [6.45, 7) is 3.56. The number of hydrogen-bond acceptors (Lipinski definition) is 2. The summed E-state index contributed by atoms with van der Waals surface area (Å²) in [5, 5.41) is 4.83. The van der Waals surface area contributed by atoms with Crippen LogP contribution in [0.2, 0.25) is 0 Å². The molecule has 1 saturated heterocycles. The second-order valence-electron chi connectivity index (χ2n) is 4.53. The molecule has 5 heteroatoms. The molecule has 0 radical (unpaired) electrons. The minimum Gasteiger partial charge on any atom is -0.319 e. The number of hydrogen-bond donors (Lipinski definition) is 2. The van der Waals surface area contributed by atoms with Gasteiger partial charge in [0.05, 0.1) is 0 Å². The predicted molar refractivity (Wildman–Crippen MR) is 64.4 cm³/mol. The Labute approximate surface area is 105 Å². The van der Waals surface area contributed by atoms with Crippen molar-refractivity contribution in [1.82, 2.24) is 10.6 Å². The molecule has 18 heavy (non-hydrogen) atoms. The van der Waals surface area contributed by atoms with E-state index in [0.29, 0.717) is 24.0 Å². The summed E-state index contributed by atoms with van der Waals surface area (Å²) in [5.74, 6) is -0.797. The molecule has 96 valence electrons. The van der Waals surface area contributed by atoms with Gasteiger partial charge in [-0.25, -0.2) is 9.18 Å². The zero-order chi connectivity index (χ0) is 13.3. The number of aryl methyl sites for hydroxylation is 1. The van der Waals surface area contributed by atoms with Crippen LogP contribution in [-0.4, -0.2) is 11.9 Å². The van der Waals surface area contributed by atoms with E-state index in [4.69, 9.17) is 0 Å². The molecule has 0 spiro atoms. The van der Waals surface area contributed by atoms with E-state index in [2.05, 4.69) is 10.6 Å². The van der Waals surface area contributed by atoms with Gasteiger partial charge in [-0.15, -0.1) is 0 Å².